The lowest BCUT2D eigenvalue weighted by Crippen LogP contribution is -2.20. The third kappa shape index (κ3) is 4.14. The quantitative estimate of drug-likeness (QED) is 0.555. The topological polar surface area (TPSA) is 100 Å². The van der Waals surface area contributed by atoms with Crippen molar-refractivity contribution in [3.8, 4) is 6.07 Å². The second-order valence-corrected chi connectivity index (χ2v) is 6.48. The van der Waals surface area contributed by atoms with Gasteiger partial charge in [0, 0.05) is 23.8 Å². The molecule has 0 bridgehead atoms. The van der Waals surface area contributed by atoms with Gasteiger partial charge < -0.3 is 19.8 Å². The minimum absolute atomic E-state index is 0.153. The number of fused-ring (bicyclic) bond motifs is 1. The number of nitrogens with one attached hydrogen (secondary N) is 2. The zero-order valence-electron chi connectivity index (χ0n) is 15.0. The molecular formula is C19H24N4O3. The maximum absolute atomic E-state index is 12.4. The van der Waals surface area contributed by atoms with Crippen LogP contribution in [0.25, 0.3) is 11.0 Å². The Hall–Kier alpha value is -2.59. The molecular weight excluding hydrogens is 332 g/mol. The maximum Gasteiger partial charge on any atom is 0.341 e. The SMILES string of the molecule is CCCOC(=O)c1cnc2[nH]ccc2c1NC1CCC(OCCC#N)C1. The number of aromatic amines is 1. The van der Waals surface area contributed by atoms with Crippen molar-refractivity contribution in [3.63, 3.8) is 0 Å². The van der Waals surface area contributed by atoms with Crippen LogP contribution in [0.2, 0.25) is 0 Å². The summed E-state index contributed by atoms with van der Waals surface area (Å²) in [6.45, 7) is 2.83. The Morgan fingerprint density at radius 2 is 2.35 bits per heavy atom. The molecule has 7 heteroatoms. The molecule has 7 nitrogen and oxygen atoms in total. The molecule has 0 aromatic carbocycles. The van der Waals surface area contributed by atoms with E-state index in [-0.39, 0.29) is 18.1 Å². The lowest BCUT2D eigenvalue weighted by molar-refractivity contribution is 0.0506. The summed E-state index contributed by atoms with van der Waals surface area (Å²) >= 11 is 0. The molecule has 26 heavy (non-hydrogen) atoms. The molecule has 2 aromatic rings. The molecule has 2 heterocycles. The third-order valence-electron chi connectivity index (χ3n) is 4.54. The Balaban J connectivity index is 1.75. The van der Waals surface area contributed by atoms with Crippen LogP contribution in [0.5, 0.6) is 0 Å². The normalized spacial score (nSPS) is 19.4. The van der Waals surface area contributed by atoms with E-state index in [9.17, 15) is 4.79 Å². The van der Waals surface area contributed by atoms with E-state index in [0.717, 1.165) is 42.4 Å². The van der Waals surface area contributed by atoms with Crippen molar-refractivity contribution in [3.05, 3.63) is 24.0 Å². The van der Waals surface area contributed by atoms with Crippen molar-refractivity contribution in [2.75, 3.05) is 18.5 Å². The molecule has 2 N–H and O–H groups in total. The highest BCUT2D eigenvalue weighted by molar-refractivity contribution is 6.04. The minimum Gasteiger partial charge on any atom is -0.462 e. The predicted octanol–water partition coefficient (Wildman–Crippen LogP) is 3.39. The van der Waals surface area contributed by atoms with Crippen LogP contribution in [-0.2, 0) is 9.47 Å². The number of ether oxygens (including phenoxy) is 2. The Morgan fingerprint density at radius 3 is 3.15 bits per heavy atom. The molecule has 0 aliphatic heterocycles. The van der Waals surface area contributed by atoms with Gasteiger partial charge in [0.05, 0.1) is 37.5 Å². The molecule has 1 fully saturated rings. The van der Waals surface area contributed by atoms with Gasteiger partial charge in [-0.3, -0.25) is 0 Å². The van der Waals surface area contributed by atoms with Gasteiger partial charge in [-0.05, 0) is 31.7 Å². The van der Waals surface area contributed by atoms with Crippen LogP contribution in [0, 0.1) is 11.3 Å². The molecule has 0 radical (unpaired) electrons. The Labute approximate surface area is 152 Å². The molecule has 2 atom stereocenters. The van der Waals surface area contributed by atoms with Gasteiger partial charge >= 0.3 is 5.97 Å². The molecule has 0 spiro atoms. The van der Waals surface area contributed by atoms with E-state index in [1.807, 2.05) is 19.2 Å². The predicted molar refractivity (Wildman–Crippen MR) is 97.9 cm³/mol. The van der Waals surface area contributed by atoms with Gasteiger partial charge in [0.2, 0.25) is 0 Å². The van der Waals surface area contributed by atoms with Crippen molar-refractivity contribution in [1.29, 1.82) is 5.26 Å². The molecule has 3 rings (SSSR count). The average molecular weight is 356 g/mol. The highest BCUT2D eigenvalue weighted by Gasteiger charge is 2.27. The molecule has 2 unspecified atom stereocenters. The van der Waals surface area contributed by atoms with Crippen LogP contribution >= 0.6 is 0 Å². The number of H-pyrrole nitrogens is 1. The lowest BCUT2D eigenvalue weighted by atomic mass is 10.1. The lowest BCUT2D eigenvalue weighted by Gasteiger charge is -2.18. The fourth-order valence-corrected chi connectivity index (χ4v) is 3.29. The van der Waals surface area contributed by atoms with Gasteiger partial charge in [-0.15, -0.1) is 0 Å². The van der Waals surface area contributed by atoms with E-state index in [2.05, 4.69) is 21.4 Å². The molecule has 138 valence electrons. The minimum atomic E-state index is -0.357. The summed E-state index contributed by atoms with van der Waals surface area (Å²) in [5.74, 6) is -0.357. The number of hydrogen-bond donors (Lipinski definition) is 2. The van der Waals surface area contributed by atoms with Crippen molar-refractivity contribution in [2.24, 2.45) is 0 Å². The maximum atomic E-state index is 12.4. The second kappa shape index (κ2) is 8.68. The molecule has 0 amide bonds. The standard InChI is InChI=1S/C19H24N4O3/c1-2-9-26-19(24)16-12-22-18-15(6-8-21-18)17(16)23-13-4-5-14(11-13)25-10-3-7-20/h6,8,12-14H,2-5,9-11H2,1H3,(H2,21,22,23). The van der Waals surface area contributed by atoms with Gasteiger partial charge in [0.15, 0.2) is 0 Å². The third-order valence-corrected chi connectivity index (χ3v) is 4.54. The van der Waals surface area contributed by atoms with Crippen molar-refractivity contribution < 1.29 is 14.3 Å². The van der Waals surface area contributed by atoms with Crippen molar-refractivity contribution in [1.82, 2.24) is 9.97 Å². The van der Waals surface area contributed by atoms with Gasteiger partial charge in [-0.25, -0.2) is 9.78 Å². The van der Waals surface area contributed by atoms with E-state index in [4.69, 9.17) is 14.7 Å². The Morgan fingerprint density at radius 1 is 1.46 bits per heavy atom. The number of esters is 1. The number of pyridine rings is 1. The highest BCUT2D eigenvalue weighted by atomic mass is 16.5. The first-order valence-electron chi connectivity index (χ1n) is 9.11. The average Bonchev–Trinajstić information content (AvgIpc) is 3.29. The summed E-state index contributed by atoms with van der Waals surface area (Å²) in [5.41, 5.74) is 1.96. The summed E-state index contributed by atoms with van der Waals surface area (Å²) in [7, 11) is 0. The number of nitrogens with zero attached hydrogens (tertiary/aromatic N) is 2. The summed E-state index contributed by atoms with van der Waals surface area (Å²) < 4.78 is 11.1. The fraction of sp³-hybridized carbons (Fsp3) is 0.526. The second-order valence-electron chi connectivity index (χ2n) is 6.48. The molecule has 2 aromatic heterocycles. The van der Waals surface area contributed by atoms with Crippen LogP contribution in [0.3, 0.4) is 0 Å². The number of hydrogen-bond acceptors (Lipinski definition) is 6. The van der Waals surface area contributed by atoms with E-state index >= 15 is 0 Å². The van der Waals surface area contributed by atoms with Gasteiger partial charge in [0.25, 0.3) is 0 Å². The first-order valence-corrected chi connectivity index (χ1v) is 9.11. The monoisotopic (exact) mass is 356 g/mol. The van der Waals surface area contributed by atoms with Crippen LogP contribution in [0.1, 0.15) is 49.4 Å². The first kappa shape index (κ1) is 18.2. The first-order chi connectivity index (χ1) is 12.7. The molecule has 0 saturated heterocycles. The van der Waals surface area contributed by atoms with Crippen LogP contribution in [-0.4, -0.2) is 41.3 Å². The fourth-order valence-electron chi connectivity index (χ4n) is 3.29. The summed E-state index contributed by atoms with van der Waals surface area (Å²) in [4.78, 5) is 19.8. The van der Waals surface area contributed by atoms with Crippen molar-refractivity contribution in [2.45, 2.75) is 51.2 Å². The number of nitriles is 1. The zero-order chi connectivity index (χ0) is 18.4. The van der Waals surface area contributed by atoms with Crippen LogP contribution in [0.15, 0.2) is 18.5 Å². The van der Waals surface area contributed by atoms with Crippen LogP contribution < -0.4 is 5.32 Å². The molecule has 1 saturated carbocycles. The Bertz CT molecular complexity index is 796. The van der Waals surface area contributed by atoms with Crippen molar-refractivity contribution >= 4 is 22.7 Å². The number of rotatable bonds is 8. The number of carbonyl (C=O) groups excluding carboxylic acids is 1. The van der Waals surface area contributed by atoms with Gasteiger partial charge in [-0.1, -0.05) is 6.92 Å². The molecule has 1 aliphatic carbocycles. The summed E-state index contributed by atoms with van der Waals surface area (Å²) in [6, 6.07) is 4.22. The van der Waals surface area contributed by atoms with Gasteiger partial charge in [-0.2, -0.15) is 5.26 Å². The number of aromatic nitrogens is 2. The Kier molecular flexibility index (Phi) is 6.08. The smallest absolute Gasteiger partial charge is 0.341 e. The van der Waals surface area contributed by atoms with E-state index in [1.165, 1.54) is 0 Å². The number of anilines is 1. The van der Waals surface area contributed by atoms with E-state index in [1.54, 1.807) is 6.20 Å². The number of carbonyl (C=O) groups is 1. The summed E-state index contributed by atoms with van der Waals surface area (Å²) in [6.07, 6.45) is 7.47. The van der Waals surface area contributed by atoms with Gasteiger partial charge in [0.1, 0.15) is 11.2 Å². The highest BCUT2D eigenvalue weighted by Crippen LogP contribution is 2.31. The zero-order valence-corrected chi connectivity index (χ0v) is 15.0. The largest absolute Gasteiger partial charge is 0.462 e. The van der Waals surface area contributed by atoms with Crippen LogP contribution in [0.4, 0.5) is 5.69 Å². The molecule has 1 aliphatic rings. The van der Waals surface area contributed by atoms with E-state index in [0.29, 0.717) is 25.2 Å². The summed E-state index contributed by atoms with van der Waals surface area (Å²) in [5, 5.41) is 13.0. The van der Waals surface area contributed by atoms with E-state index < -0.39 is 0 Å².